The molecule has 0 aliphatic carbocycles. The van der Waals surface area contributed by atoms with E-state index >= 15 is 0 Å². The first kappa shape index (κ1) is 13.5. The van der Waals surface area contributed by atoms with E-state index in [4.69, 9.17) is 0 Å². The van der Waals surface area contributed by atoms with Crippen molar-refractivity contribution in [1.82, 2.24) is 15.0 Å². The molecule has 23 heavy (non-hydrogen) atoms. The van der Waals surface area contributed by atoms with Crippen molar-refractivity contribution >= 4 is 22.8 Å². The lowest BCUT2D eigenvalue weighted by molar-refractivity contribution is 0.790. The van der Waals surface area contributed by atoms with Crippen LogP contribution in [0.3, 0.4) is 0 Å². The molecule has 110 valence electrons. The van der Waals surface area contributed by atoms with E-state index in [1.165, 1.54) is 0 Å². The van der Waals surface area contributed by atoms with E-state index in [1.807, 2.05) is 60.7 Å². The van der Waals surface area contributed by atoms with Crippen LogP contribution in [-0.2, 0) is 0 Å². The first-order valence-corrected chi connectivity index (χ1v) is 7.55. The molecule has 0 atom stereocenters. The van der Waals surface area contributed by atoms with Crippen molar-refractivity contribution in [3.05, 3.63) is 96.1 Å². The highest BCUT2D eigenvalue weighted by Gasteiger charge is 2.09. The van der Waals surface area contributed by atoms with Gasteiger partial charge in [0.1, 0.15) is 11.0 Å². The molecule has 0 radical (unpaired) electrons. The van der Waals surface area contributed by atoms with Crippen molar-refractivity contribution < 1.29 is 0 Å². The van der Waals surface area contributed by atoms with Crippen LogP contribution in [0, 0.1) is 0 Å². The molecule has 0 N–H and O–H groups in total. The molecule has 1 aromatic heterocycles. The van der Waals surface area contributed by atoms with Gasteiger partial charge in [0.25, 0.3) is 0 Å². The smallest absolute Gasteiger partial charge is 0.113 e. The summed E-state index contributed by atoms with van der Waals surface area (Å²) in [6, 6.07) is 28.3. The summed E-state index contributed by atoms with van der Waals surface area (Å²) in [5.41, 5.74) is 4.93. The first-order valence-electron chi connectivity index (χ1n) is 7.55. The SMILES string of the molecule is C(=C(c1ccccc1)n1nc2ccccc2n1)c1ccccc1. The second-order valence-corrected chi connectivity index (χ2v) is 5.28. The molecule has 0 aliphatic rings. The molecule has 0 saturated carbocycles. The normalized spacial score (nSPS) is 11.7. The van der Waals surface area contributed by atoms with E-state index < -0.39 is 0 Å². The highest BCUT2D eigenvalue weighted by atomic mass is 15.5. The van der Waals surface area contributed by atoms with Crippen LogP contribution in [0.2, 0.25) is 0 Å². The van der Waals surface area contributed by atoms with Gasteiger partial charge in [-0.15, -0.1) is 15.0 Å². The van der Waals surface area contributed by atoms with Gasteiger partial charge in [-0.3, -0.25) is 0 Å². The summed E-state index contributed by atoms with van der Waals surface area (Å²) in [5, 5.41) is 9.25. The Morgan fingerprint density at radius 3 is 1.78 bits per heavy atom. The van der Waals surface area contributed by atoms with Crippen molar-refractivity contribution in [2.24, 2.45) is 0 Å². The summed E-state index contributed by atoms with van der Waals surface area (Å²) in [6.07, 6.45) is 2.11. The maximum atomic E-state index is 4.62. The fourth-order valence-electron chi connectivity index (χ4n) is 2.54. The Hall–Kier alpha value is -3.20. The van der Waals surface area contributed by atoms with E-state index in [0.29, 0.717) is 0 Å². The molecule has 3 nitrogen and oxygen atoms in total. The zero-order chi connectivity index (χ0) is 15.5. The standard InChI is InChI=1S/C20H15N3/c1-3-9-16(10-4-1)15-20(17-11-5-2-6-12-17)23-21-18-13-7-8-14-19(18)22-23/h1-15H. The fraction of sp³-hybridized carbons (Fsp3) is 0. The van der Waals surface area contributed by atoms with Gasteiger partial charge in [-0.2, -0.15) is 0 Å². The number of benzene rings is 3. The topological polar surface area (TPSA) is 30.7 Å². The highest BCUT2D eigenvalue weighted by molar-refractivity contribution is 5.82. The number of fused-ring (bicyclic) bond motifs is 1. The molecule has 0 amide bonds. The summed E-state index contributed by atoms with van der Waals surface area (Å²) in [5.74, 6) is 0. The quantitative estimate of drug-likeness (QED) is 0.522. The Labute approximate surface area is 134 Å². The summed E-state index contributed by atoms with van der Waals surface area (Å²) in [4.78, 5) is 1.72. The second kappa shape index (κ2) is 5.89. The molecule has 0 aliphatic heterocycles. The minimum atomic E-state index is 0.891. The van der Waals surface area contributed by atoms with Crippen molar-refractivity contribution in [1.29, 1.82) is 0 Å². The number of hydrogen-bond donors (Lipinski definition) is 0. The van der Waals surface area contributed by atoms with Crippen LogP contribution in [0.25, 0.3) is 22.8 Å². The van der Waals surface area contributed by atoms with Gasteiger partial charge in [0.15, 0.2) is 0 Å². The zero-order valence-corrected chi connectivity index (χ0v) is 12.5. The van der Waals surface area contributed by atoms with Crippen LogP contribution in [0.15, 0.2) is 84.9 Å². The van der Waals surface area contributed by atoms with Crippen LogP contribution >= 0.6 is 0 Å². The largest absolute Gasteiger partial charge is 0.150 e. The van der Waals surface area contributed by atoms with E-state index in [1.54, 1.807) is 4.80 Å². The minimum absolute atomic E-state index is 0.891. The van der Waals surface area contributed by atoms with Crippen LogP contribution in [0.4, 0.5) is 0 Å². The molecule has 0 bridgehead atoms. The Bertz CT molecular complexity index is 921. The van der Waals surface area contributed by atoms with Crippen LogP contribution in [0.1, 0.15) is 11.1 Å². The molecule has 0 fully saturated rings. The third kappa shape index (κ3) is 2.77. The predicted octanol–water partition coefficient (Wildman–Crippen LogP) is 4.48. The number of rotatable bonds is 3. The Morgan fingerprint density at radius 1 is 0.652 bits per heavy atom. The van der Waals surface area contributed by atoms with E-state index in [0.717, 1.165) is 27.9 Å². The first-order chi connectivity index (χ1) is 11.4. The van der Waals surface area contributed by atoms with Gasteiger partial charge < -0.3 is 0 Å². The molecule has 3 aromatic carbocycles. The van der Waals surface area contributed by atoms with E-state index in [9.17, 15) is 0 Å². The Balaban J connectivity index is 1.90. The lowest BCUT2D eigenvalue weighted by atomic mass is 10.1. The lowest BCUT2D eigenvalue weighted by Crippen LogP contribution is -2.03. The maximum Gasteiger partial charge on any atom is 0.113 e. The molecule has 4 aromatic rings. The predicted molar refractivity (Wildman–Crippen MR) is 93.7 cm³/mol. The van der Waals surface area contributed by atoms with E-state index in [2.05, 4.69) is 40.5 Å². The minimum Gasteiger partial charge on any atom is -0.150 e. The van der Waals surface area contributed by atoms with Gasteiger partial charge in [0.2, 0.25) is 0 Å². The molecule has 0 saturated heterocycles. The van der Waals surface area contributed by atoms with Gasteiger partial charge in [-0.05, 0) is 23.8 Å². The van der Waals surface area contributed by atoms with Crippen LogP contribution in [-0.4, -0.2) is 15.0 Å². The fourth-order valence-corrected chi connectivity index (χ4v) is 2.54. The number of nitrogens with zero attached hydrogens (tertiary/aromatic N) is 3. The van der Waals surface area contributed by atoms with Crippen LogP contribution < -0.4 is 0 Å². The molecular weight excluding hydrogens is 282 g/mol. The summed E-state index contributed by atoms with van der Waals surface area (Å²) in [6.45, 7) is 0. The summed E-state index contributed by atoms with van der Waals surface area (Å²) < 4.78 is 0. The third-order valence-corrected chi connectivity index (χ3v) is 3.67. The van der Waals surface area contributed by atoms with Crippen molar-refractivity contribution in [3.8, 4) is 0 Å². The molecular formula is C20H15N3. The van der Waals surface area contributed by atoms with Gasteiger partial charge in [0.05, 0.1) is 5.70 Å². The maximum absolute atomic E-state index is 4.62. The molecule has 0 spiro atoms. The monoisotopic (exact) mass is 297 g/mol. The lowest BCUT2D eigenvalue weighted by Gasteiger charge is -2.07. The van der Waals surface area contributed by atoms with Crippen LogP contribution in [0.5, 0.6) is 0 Å². The summed E-state index contributed by atoms with van der Waals surface area (Å²) >= 11 is 0. The highest BCUT2D eigenvalue weighted by Crippen LogP contribution is 2.20. The second-order valence-electron chi connectivity index (χ2n) is 5.28. The van der Waals surface area contributed by atoms with Crippen molar-refractivity contribution in [2.45, 2.75) is 0 Å². The van der Waals surface area contributed by atoms with Gasteiger partial charge in [0, 0.05) is 5.56 Å². The Kier molecular flexibility index (Phi) is 3.45. The van der Waals surface area contributed by atoms with Crippen molar-refractivity contribution in [2.75, 3.05) is 0 Å². The average molecular weight is 297 g/mol. The molecule has 3 heteroatoms. The Morgan fingerprint density at radius 2 is 1.17 bits per heavy atom. The zero-order valence-electron chi connectivity index (χ0n) is 12.5. The number of hydrogen-bond acceptors (Lipinski definition) is 2. The van der Waals surface area contributed by atoms with Gasteiger partial charge in [-0.25, -0.2) is 0 Å². The molecule has 1 heterocycles. The number of aromatic nitrogens is 3. The summed E-state index contributed by atoms with van der Waals surface area (Å²) in [7, 11) is 0. The van der Waals surface area contributed by atoms with Gasteiger partial charge >= 0.3 is 0 Å². The molecule has 0 unspecified atom stereocenters. The third-order valence-electron chi connectivity index (χ3n) is 3.67. The van der Waals surface area contributed by atoms with Gasteiger partial charge in [-0.1, -0.05) is 72.8 Å². The molecule has 4 rings (SSSR count). The van der Waals surface area contributed by atoms with E-state index in [-0.39, 0.29) is 0 Å². The average Bonchev–Trinajstić information content (AvgIpc) is 3.05. The van der Waals surface area contributed by atoms with Crippen molar-refractivity contribution in [3.63, 3.8) is 0 Å².